The highest BCUT2D eigenvalue weighted by molar-refractivity contribution is 8.00. The zero-order valence-corrected chi connectivity index (χ0v) is 9.51. The molecule has 0 aromatic carbocycles. The fourth-order valence-electron chi connectivity index (χ4n) is 1.65. The van der Waals surface area contributed by atoms with Crippen LogP contribution in [0.3, 0.4) is 0 Å². The van der Waals surface area contributed by atoms with Crippen LogP contribution in [0.2, 0.25) is 0 Å². The van der Waals surface area contributed by atoms with E-state index in [9.17, 15) is 0 Å². The lowest BCUT2D eigenvalue weighted by Crippen LogP contribution is -2.40. The van der Waals surface area contributed by atoms with Crippen molar-refractivity contribution in [1.29, 1.82) is 0 Å². The molecule has 1 fully saturated rings. The second kappa shape index (κ2) is 3.93. The molecule has 0 saturated heterocycles. The lowest BCUT2D eigenvalue weighted by molar-refractivity contribution is 0.380. The second-order valence-electron chi connectivity index (χ2n) is 3.61. The van der Waals surface area contributed by atoms with Gasteiger partial charge in [0.2, 0.25) is 0 Å². The molecule has 1 aliphatic carbocycles. The van der Waals surface area contributed by atoms with E-state index >= 15 is 0 Å². The van der Waals surface area contributed by atoms with E-state index in [0.717, 1.165) is 6.54 Å². The molecule has 3 heteroatoms. The van der Waals surface area contributed by atoms with Gasteiger partial charge in [-0.05, 0) is 30.5 Å². The molecule has 1 N–H and O–H groups in total. The fourth-order valence-corrected chi connectivity index (χ4v) is 3.18. The highest BCUT2D eigenvalue weighted by Gasteiger charge is 2.35. The first kappa shape index (κ1) is 9.41. The molecule has 1 saturated carbocycles. The standard InChI is InChI=1S/C10H15NS2/c1-12-10(4-2-5-10)8-11-9-3-6-13-7-9/h3,6-7,11H,2,4-5,8H2,1H3. The Morgan fingerprint density at radius 1 is 1.62 bits per heavy atom. The maximum Gasteiger partial charge on any atom is 0.0449 e. The molecule has 0 aliphatic heterocycles. The van der Waals surface area contributed by atoms with Crippen molar-refractivity contribution in [3.05, 3.63) is 16.8 Å². The number of thiophene rings is 1. The third-order valence-electron chi connectivity index (χ3n) is 2.83. The Hall–Kier alpha value is -0.150. The predicted octanol–water partition coefficient (Wildman–Crippen LogP) is 3.45. The Labute approximate surface area is 87.9 Å². The van der Waals surface area contributed by atoms with Crippen molar-refractivity contribution in [2.75, 3.05) is 18.1 Å². The van der Waals surface area contributed by atoms with Gasteiger partial charge in [0.1, 0.15) is 0 Å². The summed E-state index contributed by atoms with van der Waals surface area (Å²) in [5.41, 5.74) is 1.28. The Balaban J connectivity index is 1.84. The largest absolute Gasteiger partial charge is 0.383 e. The predicted molar refractivity (Wildman–Crippen MR) is 62.9 cm³/mol. The van der Waals surface area contributed by atoms with Crippen LogP contribution < -0.4 is 5.32 Å². The molecule has 0 amide bonds. The van der Waals surface area contributed by atoms with Gasteiger partial charge < -0.3 is 5.32 Å². The summed E-state index contributed by atoms with van der Waals surface area (Å²) in [7, 11) is 0. The van der Waals surface area contributed by atoms with Crippen molar-refractivity contribution >= 4 is 28.8 Å². The average molecular weight is 213 g/mol. The lowest BCUT2D eigenvalue weighted by Gasteiger charge is -2.40. The van der Waals surface area contributed by atoms with Gasteiger partial charge in [-0.25, -0.2) is 0 Å². The maximum atomic E-state index is 3.51. The number of thioether (sulfide) groups is 1. The quantitative estimate of drug-likeness (QED) is 0.822. The normalized spacial score (nSPS) is 19.5. The molecule has 0 spiro atoms. The zero-order valence-electron chi connectivity index (χ0n) is 7.88. The van der Waals surface area contributed by atoms with Gasteiger partial charge >= 0.3 is 0 Å². The summed E-state index contributed by atoms with van der Waals surface area (Å²) in [6, 6.07) is 2.15. The molecule has 1 aromatic rings. The van der Waals surface area contributed by atoms with Crippen molar-refractivity contribution in [2.45, 2.75) is 24.0 Å². The number of rotatable bonds is 4. The lowest BCUT2D eigenvalue weighted by atomic mass is 9.84. The van der Waals surface area contributed by atoms with Crippen LogP contribution in [0.4, 0.5) is 5.69 Å². The Morgan fingerprint density at radius 2 is 2.46 bits per heavy atom. The minimum atomic E-state index is 0.544. The van der Waals surface area contributed by atoms with Gasteiger partial charge in [-0.2, -0.15) is 23.1 Å². The van der Waals surface area contributed by atoms with Crippen LogP contribution in [-0.2, 0) is 0 Å². The van der Waals surface area contributed by atoms with Gasteiger partial charge in [-0.3, -0.25) is 0 Å². The maximum absolute atomic E-state index is 3.51. The third-order valence-corrected chi connectivity index (χ3v) is 4.94. The Kier molecular flexibility index (Phi) is 2.84. The molecule has 0 bridgehead atoms. The fraction of sp³-hybridized carbons (Fsp3) is 0.600. The first-order valence-electron chi connectivity index (χ1n) is 4.66. The number of hydrogen-bond acceptors (Lipinski definition) is 3. The molecule has 0 radical (unpaired) electrons. The molecule has 1 aliphatic rings. The van der Waals surface area contributed by atoms with E-state index in [-0.39, 0.29) is 0 Å². The smallest absolute Gasteiger partial charge is 0.0449 e. The minimum Gasteiger partial charge on any atom is -0.383 e. The molecule has 13 heavy (non-hydrogen) atoms. The van der Waals surface area contributed by atoms with E-state index in [1.165, 1.54) is 24.9 Å². The summed E-state index contributed by atoms with van der Waals surface area (Å²) in [6.45, 7) is 1.13. The second-order valence-corrected chi connectivity index (χ2v) is 5.66. The monoisotopic (exact) mass is 213 g/mol. The highest BCUT2D eigenvalue weighted by atomic mass is 32.2. The molecular weight excluding hydrogens is 198 g/mol. The number of anilines is 1. The van der Waals surface area contributed by atoms with Crippen LogP contribution in [0.1, 0.15) is 19.3 Å². The van der Waals surface area contributed by atoms with Crippen molar-refractivity contribution in [1.82, 2.24) is 0 Å². The van der Waals surface area contributed by atoms with E-state index in [1.807, 2.05) is 11.8 Å². The van der Waals surface area contributed by atoms with Gasteiger partial charge in [0.05, 0.1) is 0 Å². The zero-order chi connectivity index (χ0) is 9.15. The van der Waals surface area contributed by atoms with E-state index in [4.69, 9.17) is 0 Å². The number of hydrogen-bond donors (Lipinski definition) is 1. The van der Waals surface area contributed by atoms with Crippen molar-refractivity contribution < 1.29 is 0 Å². The molecule has 0 unspecified atom stereocenters. The van der Waals surface area contributed by atoms with Crippen LogP contribution in [0.15, 0.2) is 16.8 Å². The topological polar surface area (TPSA) is 12.0 Å². The number of nitrogens with one attached hydrogen (secondary N) is 1. The van der Waals surface area contributed by atoms with Gasteiger partial charge in [-0.15, -0.1) is 0 Å². The van der Waals surface area contributed by atoms with Crippen LogP contribution in [0.25, 0.3) is 0 Å². The highest BCUT2D eigenvalue weighted by Crippen LogP contribution is 2.42. The third kappa shape index (κ3) is 2.02. The van der Waals surface area contributed by atoms with Gasteiger partial charge in [0, 0.05) is 22.4 Å². The summed E-state index contributed by atoms with van der Waals surface area (Å²) in [4.78, 5) is 0. The minimum absolute atomic E-state index is 0.544. The average Bonchev–Trinajstić information content (AvgIpc) is 2.56. The van der Waals surface area contributed by atoms with E-state index < -0.39 is 0 Å². The first-order chi connectivity index (χ1) is 6.35. The van der Waals surface area contributed by atoms with Crippen LogP contribution in [-0.4, -0.2) is 17.5 Å². The van der Waals surface area contributed by atoms with Gasteiger partial charge in [-0.1, -0.05) is 6.42 Å². The molecule has 1 heterocycles. The molecule has 2 rings (SSSR count). The molecular formula is C10H15NS2. The molecule has 0 atom stereocenters. The molecule has 1 nitrogen and oxygen atoms in total. The van der Waals surface area contributed by atoms with E-state index in [2.05, 4.69) is 28.4 Å². The van der Waals surface area contributed by atoms with Crippen molar-refractivity contribution in [3.8, 4) is 0 Å². The molecule has 72 valence electrons. The van der Waals surface area contributed by atoms with Gasteiger partial charge in [0.25, 0.3) is 0 Å². The Morgan fingerprint density at radius 3 is 2.92 bits per heavy atom. The first-order valence-corrected chi connectivity index (χ1v) is 6.83. The van der Waals surface area contributed by atoms with Crippen LogP contribution in [0.5, 0.6) is 0 Å². The van der Waals surface area contributed by atoms with Gasteiger partial charge in [0.15, 0.2) is 0 Å². The molecule has 1 aromatic heterocycles. The van der Waals surface area contributed by atoms with Crippen LogP contribution in [0, 0.1) is 0 Å². The summed E-state index contributed by atoms with van der Waals surface area (Å²) in [5.74, 6) is 0. The van der Waals surface area contributed by atoms with Crippen LogP contribution >= 0.6 is 23.1 Å². The summed E-state index contributed by atoms with van der Waals surface area (Å²) >= 11 is 3.78. The SMILES string of the molecule is CSC1(CNc2ccsc2)CCC1. The van der Waals surface area contributed by atoms with Crippen molar-refractivity contribution in [2.24, 2.45) is 0 Å². The Bertz CT molecular complexity index is 246. The van der Waals surface area contributed by atoms with E-state index in [1.54, 1.807) is 11.3 Å². The summed E-state index contributed by atoms with van der Waals surface area (Å²) in [5, 5.41) is 7.80. The summed E-state index contributed by atoms with van der Waals surface area (Å²) in [6.07, 6.45) is 6.40. The summed E-state index contributed by atoms with van der Waals surface area (Å²) < 4.78 is 0.544. The van der Waals surface area contributed by atoms with E-state index in [0.29, 0.717) is 4.75 Å². The van der Waals surface area contributed by atoms with Crippen molar-refractivity contribution in [3.63, 3.8) is 0 Å².